The third kappa shape index (κ3) is 2.80. The van der Waals surface area contributed by atoms with Crippen molar-refractivity contribution in [1.29, 1.82) is 0 Å². The minimum Gasteiger partial charge on any atom is -0.507 e. The van der Waals surface area contributed by atoms with Crippen LogP contribution in [0.3, 0.4) is 0 Å². The van der Waals surface area contributed by atoms with Crippen molar-refractivity contribution < 1.29 is 19.7 Å². The first kappa shape index (κ1) is 15.5. The van der Waals surface area contributed by atoms with Crippen LogP contribution in [0.1, 0.15) is 12.0 Å². The van der Waals surface area contributed by atoms with Gasteiger partial charge < -0.3 is 21.1 Å². The number of phenolic OH excluding ortho intramolecular Hbond substituents is 1. The van der Waals surface area contributed by atoms with Crippen LogP contribution in [0.4, 0.5) is 4.39 Å². The molecular weight excluding hydrogens is 301 g/mol. The molecule has 1 aromatic rings. The highest BCUT2D eigenvalue weighted by Gasteiger charge is 2.34. The van der Waals surface area contributed by atoms with E-state index in [0.29, 0.717) is 17.8 Å². The number of hydrazone groups is 1. The van der Waals surface area contributed by atoms with Crippen molar-refractivity contribution in [3.05, 3.63) is 47.3 Å². The molecule has 0 radical (unpaired) electrons. The molecule has 2 unspecified atom stereocenters. The Morgan fingerprint density at radius 1 is 1.39 bits per heavy atom. The summed E-state index contributed by atoms with van der Waals surface area (Å²) in [6.07, 6.45) is 2.92. The van der Waals surface area contributed by atoms with E-state index in [9.17, 15) is 14.6 Å². The van der Waals surface area contributed by atoms with Crippen molar-refractivity contribution in [3.63, 3.8) is 0 Å². The highest BCUT2D eigenvalue weighted by atomic mass is 19.1. The summed E-state index contributed by atoms with van der Waals surface area (Å²) >= 11 is 0. The van der Waals surface area contributed by atoms with Gasteiger partial charge in [0, 0.05) is 5.57 Å². The second-order valence-electron chi connectivity index (χ2n) is 5.61. The molecular formula is C16H18FN3O3. The van der Waals surface area contributed by atoms with Crippen LogP contribution in [0.2, 0.25) is 0 Å². The Morgan fingerprint density at radius 3 is 2.87 bits per heavy atom. The van der Waals surface area contributed by atoms with Crippen LogP contribution in [0, 0.1) is 5.82 Å². The number of hydrogen-bond donors (Lipinski definition) is 4. The second-order valence-corrected chi connectivity index (χ2v) is 5.61. The molecule has 23 heavy (non-hydrogen) atoms. The lowest BCUT2D eigenvalue weighted by Gasteiger charge is -2.28. The van der Waals surface area contributed by atoms with Gasteiger partial charge in [-0.05, 0) is 24.1 Å². The number of nitrogens with two attached hydrogens (primary N) is 1. The number of phenols is 1. The van der Waals surface area contributed by atoms with Crippen LogP contribution in [-0.2, 0) is 0 Å². The van der Waals surface area contributed by atoms with Crippen molar-refractivity contribution in [2.24, 2.45) is 10.8 Å². The van der Waals surface area contributed by atoms with Crippen LogP contribution < -0.4 is 5.73 Å². The molecule has 1 heterocycles. The van der Waals surface area contributed by atoms with Crippen molar-refractivity contribution in [3.8, 4) is 5.75 Å². The van der Waals surface area contributed by atoms with E-state index < -0.39 is 11.9 Å². The van der Waals surface area contributed by atoms with Gasteiger partial charge in [-0.2, -0.15) is 5.10 Å². The van der Waals surface area contributed by atoms with Gasteiger partial charge in [0.2, 0.25) is 0 Å². The van der Waals surface area contributed by atoms with Crippen LogP contribution >= 0.6 is 0 Å². The topological polar surface area (TPSA) is 102 Å². The lowest BCUT2D eigenvalue weighted by atomic mass is 9.88. The van der Waals surface area contributed by atoms with Gasteiger partial charge in [-0.3, -0.25) is 5.01 Å². The van der Waals surface area contributed by atoms with E-state index in [4.69, 9.17) is 10.8 Å². The largest absolute Gasteiger partial charge is 0.507 e. The van der Waals surface area contributed by atoms with E-state index >= 15 is 0 Å². The first-order valence-corrected chi connectivity index (χ1v) is 7.30. The molecule has 0 aromatic heterocycles. The van der Waals surface area contributed by atoms with Crippen molar-refractivity contribution in [2.75, 3.05) is 13.2 Å². The predicted molar refractivity (Wildman–Crippen MR) is 84.0 cm³/mol. The molecule has 1 aliphatic carbocycles. The molecule has 0 fully saturated rings. The Morgan fingerprint density at radius 2 is 2.17 bits per heavy atom. The van der Waals surface area contributed by atoms with E-state index in [2.05, 4.69) is 5.10 Å². The summed E-state index contributed by atoms with van der Waals surface area (Å²) in [6.45, 7) is -0.260. The van der Waals surface area contributed by atoms with Crippen LogP contribution in [0.15, 0.2) is 41.0 Å². The molecule has 0 bridgehead atoms. The zero-order valence-corrected chi connectivity index (χ0v) is 12.4. The Kier molecular flexibility index (Phi) is 4.06. The molecule has 0 amide bonds. The molecule has 0 spiro atoms. The number of halogens is 1. The Bertz CT molecular complexity index is 694. The van der Waals surface area contributed by atoms with E-state index in [-0.39, 0.29) is 30.5 Å². The van der Waals surface area contributed by atoms with Crippen LogP contribution in [-0.4, -0.2) is 51.5 Å². The first-order valence-electron chi connectivity index (χ1n) is 7.30. The van der Waals surface area contributed by atoms with Gasteiger partial charge in [-0.25, -0.2) is 4.39 Å². The molecule has 3 rings (SSSR count). The fourth-order valence-corrected chi connectivity index (χ4v) is 2.93. The molecule has 5 N–H and O–H groups in total. The maximum Gasteiger partial charge on any atom is 0.148 e. The van der Waals surface area contributed by atoms with Crippen LogP contribution in [0.5, 0.6) is 5.75 Å². The minimum atomic E-state index is -0.942. The number of nitrogens with zero attached hydrogens (tertiary/aromatic N) is 2. The number of aliphatic hydroxyl groups is 2. The molecule has 6 nitrogen and oxygen atoms in total. The van der Waals surface area contributed by atoms with Crippen molar-refractivity contribution in [1.82, 2.24) is 5.01 Å². The number of rotatable bonds is 4. The molecule has 1 aliphatic heterocycles. The monoisotopic (exact) mass is 319 g/mol. The fourth-order valence-electron chi connectivity index (χ4n) is 2.93. The standard InChI is InChI=1S/C16H18FN3O3/c17-12-2-1-3-14(23)15(12)9-4-5-11-13(6-9)20(19-16(11)18)7-10(22)8-21/h1-5,10,13,21-23H,6-8H2,(H2,18,19). The summed E-state index contributed by atoms with van der Waals surface area (Å²) in [5, 5.41) is 34.4. The lowest BCUT2D eigenvalue weighted by molar-refractivity contribution is 0.0544. The number of hydrogen-bond acceptors (Lipinski definition) is 6. The van der Waals surface area contributed by atoms with E-state index in [1.54, 1.807) is 17.2 Å². The van der Waals surface area contributed by atoms with E-state index in [0.717, 1.165) is 5.57 Å². The number of amidine groups is 1. The fraction of sp³-hybridized carbons (Fsp3) is 0.312. The summed E-state index contributed by atoms with van der Waals surface area (Å²) < 4.78 is 14.1. The maximum atomic E-state index is 14.1. The minimum absolute atomic E-state index is 0.121. The second kappa shape index (κ2) is 6.02. The van der Waals surface area contributed by atoms with Crippen molar-refractivity contribution in [2.45, 2.75) is 18.6 Å². The van der Waals surface area contributed by atoms with Crippen LogP contribution in [0.25, 0.3) is 5.57 Å². The van der Waals surface area contributed by atoms with Crippen molar-refractivity contribution >= 4 is 11.4 Å². The Hall–Kier alpha value is -2.38. The van der Waals surface area contributed by atoms with Gasteiger partial charge in [-0.15, -0.1) is 0 Å². The van der Waals surface area contributed by atoms with E-state index in [1.165, 1.54) is 18.2 Å². The average molecular weight is 319 g/mol. The highest BCUT2D eigenvalue weighted by Crippen LogP contribution is 2.37. The van der Waals surface area contributed by atoms with E-state index in [1.807, 2.05) is 0 Å². The zero-order chi connectivity index (χ0) is 16.6. The van der Waals surface area contributed by atoms with Gasteiger partial charge in [0.05, 0.1) is 30.9 Å². The first-order chi connectivity index (χ1) is 11.0. The normalized spacial score (nSPS) is 21.4. The number of aromatic hydroxyl groups is 1. The third-order valence-electron chi connectivity index (χ3n) is 4.05. The lowest BCUT2D eigenvalue weighted by Crippen LogP contribution is -2.37. The van der Waals surface area contributed by atoms with Gasteiger partial charge in [0.25, 0.3) is 0 Å². The highest BCUT2D eigenvalue weighted by molar-refractivity contribution is 6.01. The summed E-state index contributed by atoms with van der Waals surface area (Å²) in [5.74, 6) is -0.281. The summed E-state index contributed by atoms with van der Waals surface area (Å²) in [6, 6.07) is 3.92. The molecule has 122 valence electrons. The number of β-amino-alcohol motifs (C(OH)–C–C–N with tert-alkyl or cyclic N) is 1. The zero-order valence-electron chi connectivity index (χ0n) is 12.4. The Labute approximate surface area is 132 Å². The quantitative estimate of drug-likeness (QED) is 0.649. The summed E-state index contributed by atoms with van der Waals surface area (Å²) in [7, 11) is 0. The van der Waals surface area contributed by atoms with Gasteiger partial charge in [0.1, 0.15) is 17.4 Å². The predicted octanol–water partition coefficient (Wildman–Crippen LogP) is 0.554. The SMILES string of the molecule is NC1=NN(CC(O)CO)C2CC(c3c(O)cccc3F)=CC=C12. The van der Waals surface area contributed by atoms with Gasteiger partial charge in [-0.1, -0.05) is 18.2 Å². The average Bonchev–Trinajstić information content (AvgIpc) is 2.83. The molecule has 0 saturated carbocycles. The maximum absolute atomic E-state index is 14.1. The molecule has 7 heteroatoms. The Balaban J connectivity index is 1.91. The molecule has 2 atom stereocenters. The molecule has 2 aliphatic rings. The number of allylic oxidation sites excluding steroid dienone is 2. The molecule has 0 saturated heterocycles. The van der Waals surface area contributed by atoms with Gasteiger partial charge >= 0.3 is 0 Å². The number of fused-ring (bicyclic) bond motifs is 1. The smallest absolute Gasteiger partial charge is 0.148 e. The van der Waals surface area contributed by atoms with Gasteiger partial charge in [0.15, 0.2) is 0 Å². The molecule has 1 aromatic carbocycles. The summed E-state index contributed by atoms with van der Waals surface area (Å²) in [4.78, 5) is 0. The number of aliphatic hydroxyl groups excluding tert-OH is 2. The third-order valence-corrected chi connectivity index (χ3v) is 4.05. The summed E-state index contributed by atoms with van der Waals surface area (Å²) in [5.41, 5.74) is 7.46. The number of benzene rings is 1.